The lowest BCUT2D eigenvalue weighted by Gasteiger charge is -2.20. The second kappa shape index (κ2) is 6.93. The Morgan fingerprint density at radius 2 is 2.21 bits per heavy atom. The molecule has 0 spiro atoms. The summed E-state index contributed by atoms with van der Waals surface area (Å²) in [6.07, 6.45) is 2.75. The van der Waals surface area contributed by atoms with Crippen LogP contribution in [0.15, 0.2) is 30.5 Å². The molecule has 7 heteroatoms. The summed E-state index contributed by atoms with van der Waals surface area (Å²) in [6, 6.07) is 9.78. The Morgan fingerprint density at radius 1 is 1.38 bits per heavy atom. The van der Waals surface area contributed by atoms with Crippen molar-refractivity contribution in [3.8, 4) is 6.07 Å². The highest BCUT2D eigenvalue weighted by molar-refractivity contribution is 6.31. The first-order valence-corrected chi connectivity index (χ1v) is 8.15. The van der Waals surface area contributed by atoms with Gasteiger partial charge in [-0.05, 0) is 30.7 Å². The van der Waals surface area contributed by atoms with Crippen LogP contribution in [0.25, 0.3) is 0 Å². The van der Waals surface area contributed by atoms with E-state index in [0.717, 1.165) is 31.0 Å². The molecule has 124 valence electrons. The minimum atomic E-state index is 0.291. The number of anilines is 3. The topological polar surface area (TPSA) is 68.1 Å². The number of nitrogens with one attached hydrogen (secondary N) is 1. The predicted octanol–water partition coefficient (Wildman–Crippen LogP) is 2.76. The van der Waals surface area contributed by atoms with Gasteiger partial charge in [0.25, 0.3) is 0 Å². The van der Waals surface area contributed by atoms with Crippen molar-refractivity contribution >= 4 is 29.1 Å². The SMILES string of the molecule is CN(C)c1nccc(NC2CCN(c3cc(Cl)cc(C#N)c3)C2)n1. The minimum Gasteiger partial charge on any atom is -0.369 e. The van der Waals surface area contributed by atoms with Crippen LogP contribution in [0.1, 0.15) is 12.0 Å². The molecule has 1 aromatic carbocycles. The van der Waals surface area contributed by atoms with Crippen LogP contribution < -0.4 is 15.1 Å². The van der Waals surface area contributed by atoms with Gasteiger partial charge < -0.3 is 15.1 Å². The van der Waals surface area contributed by atoms with Crippen molar-refractivity contribution in [1.82, 2.24) is 9.97 Å². The average Bonchev–Trinajstić information content (AvgIpc) is 3.03. The fourth-order valence-corrected chi connectivity index (χ4v) is 3.02. The molecule has 1 aliphatic rings. The summed E-state index contributed by atoms with van der Waals surface area (Å²) < 4.78 is 0. The van der Waals surface area contributed by atoms with Gasteiger partial charge in [-0.3, -0.25) is 0 Å². The van der Waals surface area contributed by atoms with E-state index >= 15 is 0 Å². The van der Waals surface area contributed by atoms with Crippen molar-refractivity contribution in [1.29, 1.82) is 5.26 Å². The third kappa shape index (κ3) is 3.69. The van der Waals surface area contributed by atoms with Gasteiger partial charge in [-0.2, -0.15) is 10.2 Å². The molecule has 3 rings (SSSR count). The summed E-state index contributed by atoms with van der Waals surface area (Å²) >= 11 is 6.11. The van der Waals surface area contributed by atoms with Gasteiger partial charge in [0, 0.05) is 50.1 Å². The van der Waals surface area contributed by atoms with E-state index in [1.165, 1.54) is 0 Å². The van der Waals surface area contributed by atoms with E-state index in [-0.39, 0.29) is 0 Å². The molecule has 0 bridgehead atoms. The molecule has 0 radical (unpaired) electrons. The Hall–Kier alpha value is -2.52. The standard InChI is InChI=1S/C17H19ClN6/c1-23(2)17-20-5-3-16(22-17)21-14-4-6-24(11-14)15-8-12(10-19)7-13(18)9-15/h3,5,7-9,14H,4,6,11H2,1-2H3,(H,20,21,22). The van der Waals surface area contributed by atoms with Gasteiger partial charge in [0.2, 0.25) is 5.95 Å². The summed E-state index contributed by atoms with van der Waals surface area (Å²) in [5, 5.41) is 13.1. The van der Waals surface area contributed by atoms with Crippen LogP contribution in [0, 0.1) is 11.3 Å². The summed E-state index contributed by atoms with van der Waals surface area (Å²) in [5.41, 5.74) is 1.57. The Labute approximate surface area is 146 Å². The molecule has 1 unspecified atom stereocenters. The van der Waals surface area contributed by atoms with Gasteiger partial charge in [-0.25, -0.2) is 4.98 Å². The number of halogens is 1. The van der Waals surface area contributed by atoms with Gasteiger partial charge in [0.15, 0.2) is 0 Å². The van der Waals surface area contributed by atoms with Crippen molar-refractivity contribution in [2.24, 2.45) is 0 Å². The largest absolute Gasteiger partial charge is 0.369 e. The summed E-state index contributed by atoms with van der Waals surface area (Å²) in [6.45, 7) is 1.75. The zero-order valence-electron chi connectivity index (χ0n) is 13.7. The summed E-state index contributed by atoms with van der Waals surface area (Å²) in [4.78, 5) is 12.8. The molecule has 0 aliphatic carbocycles. The Kier molecular flexibility index (Phi) is 4.72. The molecule has 1 N–H and O–H groups in total. The Morgan fingerprint density at radius 3 is 2.96 bits per heavy atom. The molecule has 1 aliphatic heterocycles. The predicted molar refractivity (Wildman–Crippen MR) is 96.8 cm³/mol. The van der Waals surface area contributed by atoms with E-state index in [4.69, 9.17) is 16.9 Å². The van der Waals surface area contributed by atoms with Gasteiger partial charge in [-0.1, -0.05) is 11.6 Å². The number of hydrogen-bond acceptors (Lipinski definition) is 6. The number of nitriles is 1. The average molecular weight is 343 g/mol. The van der Waals surface area contributed by atoms with Crippen LogP contribution in [0.5, 0.6) is 0 Å². The minimum absolute atomic E-state index is 0.291. The fourth-order valence-electron chi connectivity index (χ4n) is 2.79. The van der Waals surface area contributed by atoms with Gasteiger partial charge >= 0.3 is 0 Å². The lowest BCUT2D eigenvalue weighted by molar-refractivity contribution is 0.798. The van der Waals surface area contributed by atoms with Crippen LogP contribution in [0.3, 0.4) is 0 Å². The zero-order valence-corrected chi connectivity index (χ0v) is 14.5. The normalized spacial score (nSPS) is 16.8. The maximum atomic E-state index is 9.09. The molecule has 1 aromatic heterocycles. The van der Waals surface area contributed by atoms with E-state index in [0.29, 0.717) is 22.6 Å². The molecule has 0 amide bonds. The monoisotopic (exact) mass is 342 g/mol. The number of rotatable bonds is 4. The van der Waals surface area contributed by atoms with Crippen molar-refractivity contribution < 1.29 is 0 Å². The number of hydrogen-bond donors (Lipinski definition) is 1. The van der Waals surface area contributed by atoms with Crippen molar-refractivity contribution in [3.05, 3.63) is 41.0 Å². The van der Waals surface area contributed by atoms with Crippen LogP contribution in [0.4, 0.5) is 17.5 Å². The van der Waals surface area contributed by atoms with Crippen molar-refractivity contribution in [3.63, 3.8) is 0 Å². The fraction of sp³-hybridized carbons (Fsp3) is 0.353. The second-order valence-electron chi connectivity index (χ2n) is 6.02. The van der Waals surface area contributed by atoms with Crippen LogP contribution in [-0.4, -0.2) is 43.2 Å². The van der Waals surface area contributed by atoms with Crippen molar-refractivity contribution in [2.45, 2.75) is 12.5 Å². The quantitative estimate of drug-likeness (QED) is 0.921. The van der Waals surface area contributed by atoms with E-state index < -0.39 is 0 Å². The van der Waals surface area contributed by atoms with Gasteiger partial charge in [0.1, 0.15) is 5.82 Å². The second-order valence-corrected chi connectivity index (χ2v) is 6.46. The van der Waals surface area contributed by atoms with E-state index in [2.05, 4.69) is 26.3 Å². The van der Waals surface area contributed by atoms with Crippen molar-refractivity contribution in [2.75, 3.05) is 42.3 Å². The number of nitrogens with zero attached hydrogens (tertiary/aromatic N) is 5. The number of aromatic nitrogens is 2. The van der Waals surface area contributed by atoms with Gasteiger partial charge in [0.05, 0.1) is 11.6 Å². The highest BCUT2D eigenvalue weighted by atomic mass is 35.5. The molecule has 0 saturated carbocycles. The molecule has 2 aromatic rings. The third-order valence-electron chi connectivity index (χ3n) is 3.96. The smallest absolute Gasteiger partial charge is 0.226 e. The lowest BCUT2D eigenvalue weighted by atomic mass is 10.2. The molecular formula is C17H19ClN6. The molecule has 24 heavy (non-hydrogen) atoms. The maximum absolute atomic E-state index is 9.09. The molecule has 1 atom stereocenters. The van der Waals surface area contributed by atoms with E-state index in [9.17, 15) is 0 Å². The highest BCUT2D eigenvalue weighted by Crippen LogP contribution is 2.26. The molecule has 1 saturated heterocycles. The molecule has 2 heterocycles. The van der Waals surface area contributed by atoms with Crippen LogP contribution in [-0.2, 0) is 0 Å². The first-order valence-electron chi connectivity index (χ1n) is 7.77. The molecular weight excluding hydrogens is 324 g/mol. The Balaban J connectivity index is 1.69. The summed E-state index contributed by atoms with van der Waals surface area (Å²) in [7, 11) is 3.84. The molecule has 1 fully saturated rings. The van der Waals surface area contributed by atoms with E-state index in [1.807, 2.05) is 37.2 Å². The first kappa shape index (κ1) is 16.3. The Bertz CT molecular complexity index is 770. The van der Waals surface area contributed by atoms with E-state index in [1.54, 1.807) is 12.3 Å². The van der Waals surface area contributed by atoms with Crippen LogP contribution >= 0.6 is 11.6 Å². The van der Waals surface area contributed by atoms with Gasteiger partial charge in [-0.15, -0.1) is 0 Å². The summed E-state index contributed by atoms with van der Waals surface area (Å²) in [5.74, 6) is 1.51. The highest BCUT2D eigenvalue weighted by Gasteiger charge is 2.23. The first-order chi connectivity index (χ1) is 11.5. The third-order valence-corrected chi connectivity index (χ3v) is 4.18. The lowest BCUT2D eigenvalue weighted by Crippen LogP contribution is -2.26. The zero-order chi connectivity index (χ0) is 17.1. The maximum Gasteiger partial charge on any atom is 0.226 e. The van der Waals surface area contributed by atoms with Crippen LogP contribution in [0.2, 0.25) is 5.02 Å². The molecule has 6 nitrogen and oxygen atoms in total. The number of benzene rings is 1.